The van der Waals surface area contributed by atoms with Gasteiger partial charge in [-0.05, 0) is 78.4 Å². The Labute approximate surface area is 211 Å². The van der Waals surface area contributed by atoms with Crippen molar-refractivity contribution in [2.24, 2.45) is 11.8 Å². The predicted molar refractivity (Wildman–Crippen MR) is 132 cm³/mol. The van der Waals surface area contributed by atoms with E-state index in [1.165, 1.54) is 0 Å². The molecular formula is C26H36N4O6. The van der Waals surface area contributed by atoms with Gasteiger partial charge in [0.1, 0.15) is 28.8 Å². The minimum absolute atomic E-state index is 0.0401. The topological polar surface area (TPSA) is 124 Å². The lowest BCUT2D eigenvalue weighted by Gasteiger charge is -2.30. The number of carbonyl (C=O) groups is 3. The third-order valence-corrected chi connectivity index (χ3v) is 5.85. The number of imide groups is 1. The van der Waals surface area contributed by atoms with E-state index < -0.39 is 34.8 Å². The molecule has 0 radical (unpaired) electrons. The van der Waals surface area contributed by atoms with Gasteiger partial charge < -0.3 is 14.6 Å². The van der Waals surface area contributed by atoms with Crippen molar-refractivity contribution in [3.05, 3.63) is 42.6 Å². The smallest absolute Gasteiger partial charge is 0.419 e. The number of ether oxygens (including phenoxy) is 2. The zero-order valence-electron chi connectivity index (χ0n) is 22.0. The molecule has 0 aromatic carbocycles. The van der Waals surface area contributed by atoms with Crippen LogP contribution >= 0.6 is 0 Å². The van der Waals surface area contributed by atoms with E-state index >= 15 is 0 Å². The molecule has 1 saturated carbocycles. The van der Waals surface area contributed by atoms with Crippen LogP contribution in [0.4, 0.5) is 9.59 Å². The highest BCUT2D eigenvalue weighted by Gasteiger charge is 2.63. The highest BCUT2D eigenvalue weighted by atomic mass is 16.6. The highest BCUT2D eigenvalue weighted by molar-refractivity contribution is 5.88. The first-order chi connectivity index (χ1) is 16.6. The van der Waals surface area contributed by atoms with Gasteiger partial charge in [0.15, 0.2) is 0 Å². The van der Waals surface area contributed by atoms with Crippen molar-refractivity contribution in [1.29, 1.82) is 0 Å². The molecule has 2 amide bonds. The maximum atomic E-state index is 12.8. The summed E-state index contributed by atoms with van der Waals surface area (Å²) in [5.74, 6) is -0.694. The van der Waals surface area contributed by atoms with Crippen LogP contribution in [-0.4, -0.2) is 60.4 Å². The summed E-state index contributed by atoms with van der Waals surface area (Å²) in [7, 11) is 0. The van der Waals surface area contributed by atoms with Gasteiger partial charge in [-0.3, -0.25) is 9.36 Å². The fraction of sp³-hybridized carbons (Fsp3) is 0.577. The van der Waals surface area contributed by atoms with E-state index in [1.54, 1.807) is 70.9 Å². The molecule has 1 N–H and O–H groups in total. The second kappa shape index (κ2) is 9.91. The van der Waals surface area contributed by atoms with Crippen LogP contribution in [0.25, 0.3) is 5.82 Å². The number of carbonyl (C=O) groups excluding carboxylic acids is 2. The molecule has 2 aromatic heterocycles. The van der Waals surface area contributed by atoms with E-state index in [-0.39, 0.29) is 18.4 Å². The molecule has 196 valence electrons. The van der Waals surface area contributed by atoms with Gasteiger partial charge in [0, 0.05) is 18.9 Å². The second-order valence-corrected chi connectivity index (χ2v) is 11.4. The van der Waals surface area contributed by atoms with Crippen LogP contribution in [0.1, 0.15) is 67.0 Å². The van der Waals surface area contributed by atoms with Crippen molar-refractivity contribution in [1.82, 2.24) is 19.4 Å². The molecule has 0 bridgehead atoms. The normalized spacial score (nSPS) is 20.4. The number of rotatable bonds is 7. The summed E-state index contributed by atoms with van der Waals surface area (Å²) in [6.07, 6.45) is 4.24. The fourth-order valence-corrected chi connectivity index (χ4v) is 4.21. The van der Waals surface area contributed by atoms with Crippen LogP contribution in [0.15, 0.2) is 36.9 Å². The molecule has 1 aliphatic rings. The van der Waals surface area contributed by atoms with Crippen molar-refractivity contribution >= 4 is 18.2 Å². The first-order valence-corrected chi connectivity index (χ1v) is 12.0. The van der Waals surface area contributed by atoms with Crippen LogP contribution in [0.5, 0.6) is 0 Å². The Hall–Kier alpha value is -3.43. The molecule has 0 aliphatic heterocycles. The first kappa shape index (κ1) is 27.2. The molecule has 2 aromatic rings. The van der Waals surface area contributed by atoms with Crippen LogP contribution in [0, 0.1) is 11.8 Å². The van der Waals surface area contributed by atoms with Gasteiger partial charge in [0.05, 0.1) is 5.69 Å². The van der Waals surface area contributed by atoms with Crippen molar-refractivity contribution in [2.45, 2.75) is 77.9 Å². The number of nitrogens with zero attached hydrogens (tertiary/aromatic N) is 4. The Morgan fingerprint density at radius 2 is 1.72 bits per heavy atom. The summed E-state index contributed by atoms with van der Waals surface area (Å²) in [5, 5.41) is 10.1. The minimum Gasteiger partial charge on any atom is -0.481 e. The zero-order chi connectivity index (χ0) is 26.9. The second-order valence-electron chi connectivity index (χ2n) is 11.4. The molecule has 0 saturated heterocycles. The average molecular weight is 501 g/mol. The van der Waals surface area contributed by atoms with E-state index in [2.05, 4.69) is 9.97 Å². The number of carboxylic acid groups (broad SMARTS) is 1. The summed E-state index contributed by atoms with van der Waals surface area (Å²) in [6.45, 7) is 12.2. The summed E-state index contributed by atoms with van der Waals surface area (Å²) >= 11 is 0. The molecule has 36 heavy (non-hydrogen) atoms. The third kappa shape index (κ3) is 6.41. The van der Waals surface area contributed by atoms with Crippen molar-refractivity contribution in [2.75, 3.05) is 6.54 Å². The standard InChI is InChI=1S/C26H36N4O6/c1-17(14-30(22(33)35-24(2,3)4)23(34)36-25(5,6)7)12-18-13-26(18,21(31)32)19-15-29(16-28-19)20-10-8-9-11-27-20/h8-11,15-18H,12-14H2,1-7H3,(H,31,32)/t17-,18-,26+/m0/s1. The van der Waals surface area contributed by atoms with E-state index in [9.17, 15) is 19.5 Å². The largest absolute Gasteiger partial charge is 0.481 e. The molecule has 0 unspecified atom stereocenters. The van der Waals surface area contributed by atoms with Crippen molar-refractivity contribution in [3.8, 4) is 5.82 Å². The molecular weight excluding hydrogens is 464 g/mol. The number of aromatic nitrogens is 3. The van der Waals surface area contributed by atoms with Crippen LogP contribution in [-0.2, 0) is 19.7 Å². The van der Waals surface area contributed by atoms with Gasteiger partial charge in [-0.25, -0.2) is 24.5 Å². The molecule has 2 heterocycles. The van der Waals surface area contributed by atoms with Gasteiger partial charge in [0.25, 0.3) is 0 Å². The lowest BCUT2D eigenvalue weighted by molar-refractivity contribution is -0.140. The molecule has 1 aliphatic carbocycles. The molecule has 3 rings (SSSR count). The minimum atomic E-state index is -1.11. The van der Waals surface area contributed by atoms with Gasteiger partial charge in [-0.15, -0.1) is 0 Å². The number of hydrogen-bond acceptors (Lipinski definition) is 7. The fourth-order valence-electron chi connectivity index (χ4n) is 4.21. The van der Waals surface area contributed by atoms with Gasteiger partial charge >= 0.3 is 18.2 Å². The van der Waals surface area contributed by atoms with Crippen LogP contribution in [0.2, 0.25) is 0 Å². The average Bonchev–Trinajstić information content (AvgIpc) is 3.24. The Balaban J connectivity index is 1.74. The number of pyridine rings is 1. The summed E-state index contributed by atoms with van der Waals surface area (Å²) in [4.78, 5) is 47.6. The maximum absolute atomic E-state index is 12.8. The number of amides is 2. The predicted octanol–water partition coefficient (Wildman–Crippen LogP) is 4.81. The van der Waals surface area contributed by atoms with Crippen LogP contribution in [0.3, 0.4) is 0 Å². The Morgan fingerprint density at radius 3 is 2.22 bits per heavy atom. The highest BCUT2D eigenvalue weighted by Crippen LogP contribution is 2.57. The molecule has 3 atom stereocenters. The zero-order valence-corrected chi connectivity index (χ0v) is 22.0. The lowest BCUT2D eigenvalue weighted by Crippen LogP contribution is -2.45. The molecule has 10 nitrogen and oxygen atoms in total. The number of aliphatic carboxylic acids is 1. The monoisotopic (exact) mass is 500 g/mol. The third-order valence-electron chi connectivity index (χ3n) is 5.85. The summed E-state index contributed by atoms with van der Waals surface area (Å²) in [6, 6.07) is 5.46. The Bertz CT molecular complexity index is 1070. The van der Waals surface area contributed by atoms with Crippen molar-refractivity contribution in [3.63, 3.8) is 0 Å². The summed E-state index contributed by atoms with van der Waals surface area (Å²) < 4.78 is 12.5. The Kier molecular flexibility index (Phi) is 7.48. The van der Waals surface area contributed by atoms with Crippen LogP contribution < -0.4 is 0 Å². The molecule has 0 spiro atoms. The number of carboxylic acids is 1. The lowest BCUT2D eigenvalue weighted by atomic mass is 9.94. The SMILES string of the molecule is C[C@@H](C[C@H]1C[C@]1(C(=O)O)c1cn(-c2ccccn2)cn1)CN(C(=O)OC(C)(C)C)C(=O)OC(C)(C)C. The number of hydrogen-bond donors (Lipinski definition) is 1. The van der Waals surface area contributed by atoms with Gasteiger partial charge in [0.2, 0.25) is 0 Å². The van der Waals surface area contributed by atoms with E-state index in [0.29, 0.717) is 24.4 Å². The molecule has 1 fully saturated rings. The van der Waals surface area contributed by atoms with E-state index in [0.717, 1.165) is 4.90 Å². The van der Waals surface area contributed by atoms with Gasteiger partial charge in [-0.1, -0.05) is 13.0 Å². The molecule has 10 heteroatoms. The number of imidazole rings is 1. The maximum Gasteiger partial charge on any atom is 0.419 e. The quantitative estimate of drug-likeness (QED) is 0.574. The van der Waals surface area contributed by atoms with Crippen molar-refractivity contribution < 1.29 is 29.0 Å². The van der Waals surface area contributed by atoms with E-state index in [1.807, 2.05) is 19.1 Å². The Morgan fingerprint density at radius 1 is 1.11 bits per heavy atom. The van der Waals surface area contributed by atoms with E-state index in [4.69, 9.17) is 9.47 Å². The van der Waals surface area contributed by atoms with Gasteiger partial charge in [-0.2, -0.15) is 0 Å². The summed E-state index contributed by atoms with van der Waals surface area (Å²) in [5.41, 5.74) is -2.23. The first-order valence-electron chi connectivity index (χ1n) is 12.0.